The van der Waals surface area contributed by atoms with Crippen molar-refractivity contribution in [1.29, 1.82) is 0 Å². The SMILES string of the molecule is CCCC[PH](=O)C1=C(C(C)P(c2ccccc2)c2ccccc2)CC=C1. The highest BCUT2D eigenvalue weighted by molar-refractivity contribution is 7.73. The summed E-state index contributed by atoms with van der Waals surface area (Å²) in [5, 5.41) is 3.96. The zero-order valence-electron chi connectivity index (χ0n) is 15.7. The highest BCUT2D eigenvalue weighted by atomic mass is 31.1. The molecule has 0 amide bonds. The predicted molar refractivity (Wildman–Crippen MR) is 118 cm³/mol. The highest BCUT2D eigenvalue weighted by Crippen LogP contribution is 2.50. The quantitative estimate of drug-likeness (QED) is 0.506. The first-order valence-electron chi connectivity index (χ1n) is 9.54. The van der Waals surface area contributed by atoms with Crippen molar-refractivity contribution in [2.75, 3.05) is 6.16 Å². The van der Waals surface area contributed by atoms with E-state index in [1.807, 2.05) is 0 Å². The van der Waals surface area contributed by atoms with Gasteiger partial charge in [0.1, 0.15) is 7.80 Å². The summed E-state index contributed by atoms with van der Waals surface area (Å²) < 4.78 is 12.9. The van der Waals surface area contributed by atoms with Crippen molar-refractivity contribution >= 4 is 26.3 Å². The van der Waals surface area contributed by atoms with Crippen molar-refractivity contribution in [3.05, 3.63) is 83.7 Å². The molecule has 0 spiro atoms. The number of unbranched alkanes of at least 4 members (excludes halogenated alkanes) is 1. The zero-order chi connectivity index (χ0) is 18.4. The Bertz CT molecular complexity index is 754. The van der Waals surface area contributed by atoms with Crippen molar-refractivity contribution in [2.45, 2.75) is 38.8 Å². The van der Waals surface area contributed by atoms with E-state index in [-0.39, 0.29) is 0 Å². The van der Waals surface area contributed by atoms with Crippen LogP contribution >= 0.6 is 15.7 Å². The minimum Gasteiger partial charge on any atom is -0.322 e. The molecule has 0 N–H and O–H groups in total. The van der Waals surface area contributed by atoms with Gasteiger partial charge >= 0.3 is 0 Å². The molecule has 0 saturated heterocycles. The molecule has 2 unspecified atom stereocenters. The Morgan fingerprint density at radius 2 is 1.58 bits per heavy atom. The van der Waals surface area contributed by atoms with Crippen molar-refractivity contribution in [3.63, 3.8) is 0 Å². The molecule has 0 radical (unpaired) electrons. The fourth-order valence-electron chi connectivity index (χ4n) is 3.59. The Morgan fingerprint density at radius 1 is 1.00 bits per heavy atom. The fourth-order valence-corrected chi connectivity index (χ4v) is 8.37. The van der Waals surface area contributed by atoms with Crippen LogP contribution in [0.2, 0.25) is 0 Å². The fraction of sp³-hybridized carbons (Fsp3) is 0.304. The number of allylic oxidation sites excluding steroid dienone is 4. The first-order valence-corrected chi connectivity index (χ1v) is 12.6. The molecule has 26 heavy (non-hydrogen) atoms. The molecule has 2 atom stereocenters. The molecule has 1 nitrogen and oxygen atoms in total. The smallest absolute Gasteiger partial charge is 0.104 e. The summed E-state index contributed by atoms with van der Waals surface area (Å²) in [7, 11) is -2.17. The molecule has 136 valence electrons. The maximum atomic E-state index is 12.9. The molecule has 0 heterocycles. The summed E-state index contributed by atoms with van der Waals surface area (Å²) >= 11 is 0. The Morgan fingerprint density at radius 3 is 2.12 bits per heavy atom. The number of benzene rings is 2. The van der Waals surface area contributed by atoms with Crippen LogP contribution in [0.3, 0.4) is 0 Å². The Labute approximate surface area is 159 Å². The van der Waals surface area contributed by atoms with Crippen molar-refractivity contribution in [1.82, 2.24) is 0 Å². The van der Waals surface area contributed by atoms with Crippen LogP contribution in [0.4, 0.5) is 0 Å². The van der Waals surface area contributed by atoms with Gasteiger partial charge in [0.2, 0.25) is 0 Å². The van der Waals surface area contributed by atoms with E-state index in [0.29, 0.717) is 5.66 Å². The summed E-state index contributed by atoms with van der Waals surface area (Å²) in [6, 6.07) is 21.7. The van der Waals surface area contributed by atoms with Crippen LogP contribution in [0.15, 0.2) is 83.7 Å². The molecule has 2 aromatic carbocycles. The molecule has 0 saturated carbocycles. The zero-order valence-corrected chi connectivity index (χ0v) is 17.6. The number of hydrogen-bond donors (Lipinski definition) is 0. The van der Waals surface area contributed by atoms with E-state index >= 15 is 0 Å². The normalized spacial score (nSPS) is 16.3. The van der Waals surface area contributed by atoms with Gasteiger partial charge < -0.3 is 4.57 Å². The number of rotatable bonds is 8. The Kier molecular flexibility index (Phi) is 7.07. The van der Waals surface area contributed by atoms with Gasteiger partial charge in [-0.2, -0.15) is 0 Å². The third kappa shape index (κ3) is 4.46. The molecule has 2 aromatic rings. The number of hydrogen-bond acceptors (Lipinski definition) is 1. The van der Waals surface area contributed by atoms with Gasteiger partial charge in [0.05, 0.1) is 0 Å². The van der Waals surface area contributed by atoms with Gasteiger partial charge in [-0.1, -0.05) is 93.1 Å². The average molecular weight is 382 g/mol. The molecule has 1 aliphatic rings. The van der Waals surface area contributed by atoms with Crippen molar-refractivity contribution < 1.29 is 4.57 Å². The van der Waals surface area contributed by atoms with Crippen LogP contribution in [0, 0.1) is 0 Å². The minimum atomic E-state index is -1.67. The third-order valence-electron chi connectivity index (χ3n) is 4.99. The average Bonchev–Trinajstić information content (AvgIpc) is 3.18. The topological polar surface area (TPSA) is 17.1 Å². The molecular formula is C23H28OP2. The summed E-state index contributed by atoms with van der Waals surface area (Å²) in [6.07, 6.45) is 8.33. The maximum Gasteiger partial charge on any atom is 0.104 e. The van der Waals surface area contributed by atoms with Crippen LogP contribution in [0.25, 0.3) is 0 Å². The van der Waals surface area contributed by atoms with E-state index in [1.165, 1.54) is 16.2 Å². The van der Waals surface area contributed by atoms with E-state index in [0.717, 1.165) is 30.7 Å². The van der Waals surface area contributed by atoms with Crippen molar-refractivity contribution in [2.24, 2.45) is 0 Å². The first-order chi connectivity index (χ1) is 12.7. The van der Waals surface area contributed by atoms with Gasteiger partial charge in [0.15, 0.2) is 0 Å². The molecule has 0 aliphatic heterocycles. The van der Waals surface area contributed by atoms with E-state index < -0.39 is 15.7 Å². The maximum absolute atomic E-state index is 12.9. The monoisotopic (exact) mass is 382 g/mol. The highest BCUT2D eigenvalue weighted by Gasteiger charge is 2.27. The summed E-state index contributed by atoms with van der Waals surface area (Å²) in [5.41, 5.74) is 1.80. The van der Waals surface area contributed by atoms with Gasteiger partial charge in [-0.25, -0.2) is 0 Å². The second-order valence-electron chi connectivity index (χ2n) is 6.79. The van der Waals surface area contributed by atoms with Gasteiger partial charge in [-0.15, -0.1) is 0 Å². The van der Waals surface area contributed by atoms with E-state index in [4.69, 9.17) is 0 Å². The van der Waals surface area contributed by atoms with Crippen LogP contribution in [-0.4, -0.2) is 11.8 Å². The second-order valence-corrected chi connectivity index (χ2v) is 11.2. The van der Waals surface area contributed by atoms with Gasteiger partial charge in [-0.3, -0.25) is 0 Å². The molecular weight excluding hydrogens is 354 g/mol. The van der Waals surface area contributed by atoms with Gasteiger partial charge in [-0.05, 0) is 36.9 Å². The van der Waals surface area contributed by atoms with Crippen LogP contribution < -0.4 is 10.6 Å². The lowest BCUT2D eigenvalue weighted by molar-refractivity contribution is 0.589. The van der Waals surface area contributed by atoms with E-state index in [1.54, 1.807) is 0 Å². The molecule has 3 rings (SSSR count). The largest absolute Gasteiger partial charge is 0.322 e. The summed E-state index contributed by atoms with van der Waals surface area (Å²) in [4.78, 5) is 0. The lowest BCUT2D eigenvalue weighted by Gasteiger charge is -2.28. The Hall–Kier alpha value is -1.42. The van der Waals surface area contributed by atoms with Crippen LogP contribution in [0.5, 0.6) is 0 Å². The van der Waals surface area contributed by atoms with Crippen LogP contribution in [0.1, 0.15) is 33.1 Å². The molecule has 0 fully saturated rings. The standard InChI is InChI=1S/C23H28OP2/c1-3-4-18-25(24)23-17-11-16-22(23)19(2)26(20-12-7-5-8-13-20)21-14-9-6-10-15-21/h5-15,17,19,25H,3-4,16,18H2,1-2H3. The van der Waals surface area contributed by atoms with Gasteiger partial charge in [0, 0.05) is 17.1 Å². The second kappa shape index (κ2) is 9.50. The third-order valence-corrected chi connectivity index (χ3v) is 9.68. The van der Waals surface area contributed by atoms with Gasteiger partial charge in [0.25, 0.3) is 0 Å². The summed E-state index contributed by atoms with van der Waals surface area (Å²) in [6.45, 7) is 4.50. The Balaban J connectivity index is 1.98. The summed E-state index contributed by atoms with van der Waals surface area (Å²) in [5.74, 6) is 0. The predicted octanol–water partition coefficient (Wildman–Crippen LogP) is 6.08. The molecule has 0 bridgehead atoms. The van der Waals surface area contributed by atoms with Crippen LogP contribution in [-0.2, 0) is 4.57 Å². The minimum absolute atomic E-state index is 0.398. The molecule has 3 heteroatoms. The van der Waals surface area contributed by atoms with Crippen molar-refractivity contribution in [3.8, 4) is 0 Å². The van der Waals surface area contributed by atoms with E-state index in [2.05, 4.69) is 86.7 Å². The lowest BCUT2D eigenvalue weighted by Crippen LogP contribution is -2.21. The van der Waals surface area contributed by atoms with E-state index in [9.17, 15) is 4.57 Å². The lowest BCUT2D eigenvalue weighted by atomic mass is 10.2. The molecule has 0 aromatic heterocycles. The molecule has 1 aliphatic carbocycles. The first kappa shape index (κ1) is 19.3.